The molecule has 2 aromatic carbocycles. The molecular formula is C33H39ClF2N6O6. The summed E-state index contributed by atoms with van der Waals surface area (Å²) < 4.78 is 40.3. The van der Waals surface area contributed by atoms with E-state index in [0.29, 0.717) is 31.6 Å². The molecule has 258 valence electrons. The largest absolute Gasteiger partial charge is 0.494 e. The number of nitrogens with zero attached hydrogens (tertiary/aromatic N) is 3. The monoisotopic (exact) mass is 688 g/mol. The Labute approximate surface area is 282 Å². The van der Waals surface area contributed by atoms with E-state index in [1.54, 1.807) is 32.6 Å². The molecule has 3 N–H and O–H groups in total. The average molecular weight is 689 g/mol. The second-order valence-electron chi connectivity index (χ2n) is 12.5. The smallest absolute Gasteiger partial charge is 0.407 e. The van der Waals surface area contributed by atoms with Gasteiger partial charge in [-0.25, -0.2) is 14.2 Å². The van der Waals surface area contributed by atoms with Crippen LogP contribution < -0.4 is 20.7 Å². The SMILES string of the molecule is COc1ccc(-c2cnc(C(=O)Nc3ccc(C(=O)N4CCC(C(=O)N[C@@H](C)CNC(=O)OC(C)(C)C)CC4)c(Cl)c3)n2C)c(F)c1F. The van der Waals surface area contributed by atoms with Crippen LogP contribution in [0.4, 0.5) is 19.3 Å². The molecule has 12 nitrogen and oxygen atoms in total. The van der Waals surface area contributed by atoms with Crippen LogP contribution in [-0.2, 0) is 16.6 Å². The predicted octanol–water partition coefficient (Wildman–Crippen LogP) is 5.16. The molecule has 1 aliphatic heterocycles. The molecule has 2 heterocycles. The molecule has 1 aliphatic rings. The second-order valence-corrected chi connectivity index (χ2v) is 12.9. The summed E-state index contributed by atoms with van der Waals surface area (Å²) in [6.07, 6.45) is 1.60. The molecule has 1 atom stereocenters. The molecule has 0 bridgehead atoms. The number of hydrogen-bond donors (Lipinski definition) is 3. The highest BCUT2D eigenvalue weighted by molar-refractivity contribution is 6.34. The molecule has 1 saturated heterocycles. The molecule has 15 heteroatoms. The van der Waals surface area contributed by atoms with Crippen LogP contribution in [0.3, 0.4) is 0 Å². The number of hydrogen-bond acceptors (Lipinski definition) is 7. The summed E-state index contributed by atoms with van der Waals surface area (Å²) in [7, 11) is 2.72. The predicted molar refractivity (Wildman–Crippen MR) is 175 cm³/mol. The molecule has 4 rings (SSSR count). The van der Waals surface area contributed by atoms with Gasteiger partial charge in [0.25, 0.3) is 11.8 Å². The van der Waals surface area contributed by atoms with Gasteiger partial charge in [0.15, 0.2) is 17.4 Å². The number of ether oxygens (including phenoxy) is 2. The van der Waals surface area contributed by atoms with Gasteiger partial charge in [0, 0.05) is 49.9 Å². The maximum Gasteiger partial charge on any atom is 0.407 e. The summed E-state index contributed by atoms with van der Waals surface area (Å²) >= 11 is 6.46. The third-order valence-corrected chi connectivity index (χ3v) is 8.00. The van der Waals surface area contributed by atoms with Crippen LogP contribution in [0.15, 0.2) is 36.5 Å². The van der Waals surface area contributed by atoms with Crippen LogP contribution in [0.5, 0.6) is 5.75 Å². The van der Waals surface area contributed by atoms with Crippen molar-refractivity contribution in [1.82, 2.24) is 25.1 Å². The lowest BCUT2D eigenvalue weighted by molar-refractivity contribution is -0.126. The number of anilines is 1. The Kier molecular flexibility index (Phi) is 11.3. The van der Waals surface area contributed by atoms with Crippen molar-refractivity contribution in [1.29, 1.82) is 0 Å². The van der Waals surface area contributed by atoms with E-state index in [1.165, 1.54) is 55.3 Å². The van der Waals surface area contributed by atoms with Gasteiger partial charge in [-0.15, -0.1) is 0 Å². The van der Waals surface area contributed by atoms with Crippen molar-refractivity contribution in [3.8, 4) is 17.0 Å². The van der Waals surface area contributed by atoms with E-state index >= 15 is 0 Å². The van der Waals surface area contributed by atoms with Crippen molar-refractivity contribution >= 4 is 41.1 Å². The van der Waals surface area contributed by atoms with Gasteiger partial charge in [0.05, 0.1) is 29.6 Å². The molecule has 0 spiro atoms. The Morgan fingerprint density at radius 3 is 2.40 bits per heavy atom. The number of carbonyl (C=O) groups excluding carboxylic acids is 4. The second kappa shape index (κ2) is 15.0. The van der Waals surface area contributed by atoms with Crippen LogP contribution >= 0.6 is 11.6 Å². The van der Waals surface area contributed by atoms with Crippen LogP contribution in [0, 0.1) is 17.6 Å². The maximum absolute atomic E-state index is 14.7. The number of alkyl carbamates (subject to hydrolysis) is 1. The van der Waals surface area contributed by atoms with E-state index in [0.717, 1.165) is 0 Å². The minimum Gasteiger partial charge on any atom is -0.494 e. The zero-order chi connectivity index (χ0) is 35.3. The lowest BCUT2D eigenvalue weighted by Crippen LogP contribution is -2.48. The first-order valence-electron chi connectivity index (χ1n) is 15.3. The third-order valence-electron chi connectivity index (χ3n) is 7.68. The zero-order valence-electron chi connectivity index (χ0n) is 27.6. The number of methoxy groups -OCH3 is 1. The molecule has 0 saturated carbocycles. The van der Waals surface area contributed by atoms with Gasteiger partial charge in [-0.2, -0.15) is 4.39 Å². The van der Waals surface area contributed by atoms with Crippen LogP contribution in [-0.4, -0.2) is 76.7 Å². The quantitative estimate of drug-likeness (QED) is 0.282. The summed E-state index contributed by atoms with van der Waals surface area (Å²) in [6.45, 7) is 7.97. The third kappa shape index (κ3) is 8.59. The number of piperidine rings is 1. The van der Waals surface area contributed by atoms with Gasteiger partial charge in [-0.3, -0.25) is 14.4 Å². The Bertz CT molecular complexity index is 1700. The van der Waals surface area contributed by atoms with Gasteiger partial charge in [0.1, 0.15) is 5.60 Å². The van der Waals surface area contributed by atoms with Crippen molar-refractivity contribution in [2.45, 2.75) is 52.2 Å². The highest BCUT2D eigenvalue weighted by Gasteiger charge is 2.30. The Morgan fingerprint density at radius 1 is 1.08 bits per heavy atom. The lowest BCUT2D eigenvalue weighted by Gasteiger charge is -2.32. The topological polar surface area (TPSA) is 144 Å². The number of nitrogens with one attached hydrogen (secondary N) is 3. The standard InChI is InChI=1S/C33H39ClF2N6O6/c1-18(16-38-32(46)48-33(2,3)4)39-29(43)19-11-13-42(14-12-19)31(45)21-8-7-20(15-23(21)34)40-30(44)28-37-17-24(41(28)5)22-9-10-25(47-6)27(36)26(22)35/h7-10,15,17-19H,11-14,16H2,1-6H3,(H,38,46)(H,39,43)(H,40,44)/t18-/m0/s1. The van der Waals surface area contributed by atoms with Crippen LogP contribution in [0.1, 0.15) is 61.5 Å². The Hall–Kier alpha value is -4.72. The Morgan fingerprint density at radius 2 is 1.77 bits per heavy atom. The molecule has 4 amide bonds. The number of likely N-dealkylation sites (tertiary alicyclic amines) is 1. The number of amides is 4. The molecule has 0 radical (unpaired) electrons. The van der Waals surface area contributed by atoms with Crippen molar-refractivity contribution in [2.24, 2.45) is 13.0 Å². The maximum atomic E-state index is 14.7. The molecule has 1 aromatic heterocycles. The molecular weight excluding hydrogens is 650 g/mol. The highest BCUT2D eigenvalue weighted by atomic mass is 35.5. The first-order chi connectivity index (χ1) is 22.6. The lowest BCUT2D eigenvalue weighted by atomic mass is 9.95. The Balaban J connectivity index is 1.31. The normalized spacial score (nSPS) is 14.2. The fourth-order valence-electron chi connectivity index (χ4n) is 5.19. The van der Waals surface area contributed by atoms with E-state index in [9.17, 15) is 28.0 Å². The van der Waals surface area contributed by atoms with Gasteiger partial charge in [-0.05, 0) is 70.9 Å². The minimum atomic E-state index is -1.16. The average Bonchev–Trinajstić information content (AvgIpc) is 3.41. The molecule has 0 unspecified atom stereocenters. The van der Waals surface area contributed by atoms with Gasteiger partial charge in [0.2, 0.25) is 11.7 Å². The van der Waals surface area contributed by atoms with Crippen molar-refractivity contribution in [3.05, 3.63) is 64.6 Å². The number of imidazole rings is 1. The molecule has 1 fully saturated rings. The van der Waals surface area contributed by atoms with E-state index in [-0.39, 0.29) is 63.7 Å². The molecule has 3 aromatic rings. The van der Waals surface area contributed by atoms with Gasteiger partial charge >= 0.3 is 6.09 Å². The number of carbonyl (C=O) groups is 4. The van der Waals surface area contributed by atoms with Crippen molar-refractivity contribution in [3.63, 3.8) is 0 Å². The number of halogens is 3. The van der Waals surface area contributed by atoms with Crippen molar-refractivity contribution < 1.29 is 37.4 Å². The van der Waals surface area contributed by atoms with Crippen LogP contribution in [0.25, 0.3) is 11.3 Å². The molecule has 0 aliphatic carbocycles. The van der Waals surface area contributed by atoms with E-state index < -0.39 is 29.2 Å². The summed E-state index contributed by atoms with van der Waals surface area (Å²) in [5, 5.41) is 8.30. The highest BCUT2D eigenvalue weighted by Crippen LogP contribution is 2.30. The summed E-state index contributed by atoms with van der Waals surface area (Å²) in [5.41, 5.74) is -0.0269. The van der Waals surface area contributed by atoms with E-state index in [4.69, 9.17) is 21.1 Å². The zero-order valence-corrected chi connectivity index (χ0v) is 28.3. The number of benzene rings is 2. The van der Waals surface area contributed by atoms with E-state index in [1.807, 2.05) is 0 Å². The van der Waals surface area contributed by atoms with Gasteiger partial charge in [-0.1, -0.05) is 11.6 Å². The first-order valence-corrected chi connectivity index (χ1v) is 15.7. The summed E-state index contributed by atoms with van der Waals surface area (Å²) in [4.78, 5) is 56.7. The summed E-state index contributed by atoms with van der Waals surface area (Å²) in [6, 6.07) is 6.74. The molecule has 48 heavy (non-hydrogen) atoms. The fraction of sp³-hybridized carbons (Fsp3) is 0.424. The first kappa shape index (κ1) is 36.1. The van der Waals surface area contributed by atoms with Crippen molar-refractivity contribution in [2.75, 3.05) is 32.1 Å². The number of rotatable bonds is 9. The fourth-order valence-corrected chi connectivity index (χ4v) is 5.45. The number of aromatic nitrogens is 2. The minimum absolute atomic E-state index is 0.0718. The van der Waals surface area contributed by atoms with Gasteiger partial charge < -0.3 is 34.9 Å². The van der Waals surface area contributed by atoms with E-state index in [2.05, 4.69) is 20.9 Å². The summed E-state index contributed by atoms with van der Waals surface area (Å²) in [5.74, 6) is -4.01. The van der Waals surface area contributed by atoms with Crippen LogP contribution in [0.2, 0.25) is 5.02 Å².